The first-order chi connectivity index (χ1) is 17.3. The highest BCUT2D eigenvalue weighted by atomic mass is 31.1. The molecule has 0 amide bonds. The number of hydrogen-bond acceptors (Lipinski definition) is 3. The van der Waals surface area contributed by atoms with Gasteiger partial charge in [0.1, 0.15) is 0 Å². The zero-order valence-electron chi connectivity index (χ0n) is 22.8. The summed E-state index contributed by atoms with van der Waals surface area (Å²) in [7, 11) is -3.28. The van der Waals surface area contributed by atoms with Gasteiger partial charge in [0.25, 0.3) is 0 Å². The third-order valence-electron chi connectivity index (χ3n) is 5.67. The minimum Gasteiger partial charge on any atom is -0.371 e. The molecule has 0 aliphatic heterocycles. The molecule has 0 radical (unpaired) electrons. The van der Waals surface area contributed by atoms with Crippen molar-refractivity contribution in [2.75, 3.05) is 0 Å². The van der Waals surface area contributed by atoms with Crippen LogP contribution in [0.25, 0.3) is 0 Å². The lowest BCUT2D eigenvalue weighted by Crippen LogP contribution is -2.50. The molecule has 3 aromatic carbocycles. The van der Waals surface area contributed by atoms with Crippen LogP contribution in [0.15, 0.2) is 84.9 Å². The molecule has 0 saturated carbocycles. The van der Waals surface area contributed by atoms with Crippen LogP contribution in [0.1, 0.15) is 59.9 Å². The zero-order chi connectivity index (χ0) is 26.0. The van der Waals surface area contributed by atoms with Gasteiger partial charge in [0.2, 0.25) is 0 Å². The Morgan fingerprint density at radius 1 is 0.556 bits per heavy atom. The number of benzene rings is 3. The third kappa shape index (κ3) is 8.94. The Balaban J connectivity index is 1.66. The monoisotopic (exact) mass is 522 g/mol. The van der Waals surface area contributed by atoms with Gasteiger partial charge in [0.05, 0.1) is 0 Å². The lowest BCUT2D eigenvalue weighted by atomic mass is 10.1. The highest BCUT2D eigenvalue weighted by molar-refractivity contribution is 7.79. The van der Waals surface area contributed by atoms with E-state index in [1.807, 2.05) is 0 Å². The topological polar surface area (TPSA) is 27.7 Å². The molecule has 0 heterocycles. The van der Waals surface area contributed by atoms with Gasteiger partial charge in [-0.15, -0.1) is 0 Å². The Labute approximate surface area is 221 Å². The molecule has 194 valence electrons. The minimum absolute atomic E-state index is 0.0887. The fourth-order valence-electron chi connectivity index (χ4n) is 4.42. The SMILES string of the molecule is CC(C)O[Si](CCCCc1ccc(P(c2ccccc2)c2ccccc2)cc1)(OC(C)C)OC(C)C. The van der Waals surface area contributed by atoms with Gasteiger partial charge < -0.3 is 13.3 Å². The van der Waals surface area contributed by atoms with Crippen LogP contribution in [0.4, 0.5) is 0 Å². The summed E-state index contributed by atoms with van der Waals surface area (Å²) in [4.78, 5) is 0. The molecule has 0 atom stereocenters. The standard InChI is InChI=1S/C31H43O3PSi/c1-25(2)32-36(33-26(3)4,34-27(5)6)24-14-13-15-28-20-22-31(23-21-28)35(29-16-9-7-10-17-29)30-18-11-8-12-19-30/h7-12,16-23,25-27H,13-15,24H2,1-6H3. The van der Waals surface area contributed by atoms with E-state index in [2.05, 4.69) is 126 Å². The van der Waals surface area contributed by atoms with E-state index < -0.39 is 16.7 Å². The van der Waals surface area contributed by atoms with Crippen LogP contribution in [-0.4, -0.2) is 27.1 Å². The van der Waals surface area contributed by atoms with Crippen LogP contribution in [0, 0.1) is 0 Å². The van der Waals surface area contributed by atoms with Crippen LogP contribution in [0.3, 0.4) is 0 Å². The molecule has 0 saturated heterocycles. The molecule has 5 heteroatoms. The fraction of sp³-hybridized carbons (Fsp3) is 0.419. The van der Waals surface area contributed by atoms with Gasteiger partial charge in [-0.1, -0.05) is 84.9 Å². The maximum Gasteiger partial charge on any atom is 0.501 e. The van der Waals surface area contributed by atoms with E-state index in [1.165, 1.54) is 21.5 Å². The molecule has 3 nitrogen and oxygen atoms in total. The van der Waals surface area contributed by atoms with Gasteiger partial charge >= 0.3 is 8.80 Å². The molecule has 0 aromatic heterocycles. The van der Waals surface area contributed by atoms with Gasteiger partial charge in [-0.25, -0.2) is 0 Å². The highest BCUT2D eigenvalue weighted by Crippen LogP contribution is 2.32. The molecule has 0 unspecified atom stereocenters. The Morgan fingerprint density at radius 2 is 0.972 bits per heavy atom. The molecule has 3 aromatic rings. The summed E-state index contributed by atoms with van der Waals surface area (Å²) >= 11 is 0. The second kappa shape index (κ2) is 14.2. The molecule has 0 spiro atoms. The first-order valence-electron chi connectivity index (χ1n) is 13.3. The van der Waals surface area contributed by atoms with Gasteiger partial charge in [-0.3, -0.25) is 0 Å². The van der Waals surface area contributed by atoms with Gasteiger partial charge in [-0.2, -0.15) is 0 Å². The molecular formula is C31H43O3PSi. The lowest BCUT2D eigenvalue weighted by Gasteiger charge is -2.34. The maximum atomic E-state index is 6.33. The van der Waals surface area contributed by atoms with Crippen molar-refractivity contribution in [3.8, 4) is 0 Å². The van der Waals surface area contributed by atoms with Crippen LogP contribution in [-0.2, 0) is 19.7 Å². The van der Waals surface area contributed by atoms with E-state index in [1.54, 1.807) is 0 Å². The fourth-order valence-corrected chi connectivity index (χ4v) is 10.1. The Morgan fingerprint density at radius 3 is 1.39 bits per heavy atom. The van der Waals surface area contributed by atoms with Gasteiger partial charge in [0, 0.05) is 24.4 Å². The normalized spacial score (nSPS) is 12.3. The molecular weight excluding hydrogens is 479 g/mol. The van der Waals surface area contributed by atoms with Crippen molar-refractivity contribution in [2.24, 2.45) is 0 Å². The second-order valence-corrected chi connectivity index (χ2v) is 14.9. The Bertz CT molecular complexity index is 941. The van der Waals surface area contributed by atoms with Crippen molar-refractivity contribution in [1.29, 1.82) is 0 Å². The summed E-state index contributed by atoms with van der Waals surface area (Å²) in [6.07, 6.45) is 3.43. The summed E-state index contributed by atoms with van der Waals surface area (Å²) in [5.41, 5.74) is 1.38. The summed E-state index contributed by atoms with van der Waals surface area (Å²) in [5, 5.41) is 4.15. The van der Waals surface area contributed by atoms with Crippen LogP contribution in [0.5, 0.6) is 0 Å². The molecule has 0 aliphatic carbocycles. The molecule has 0 fully saturated rings. The van der Waals surface area contributed by atoms with Crippen LogP contribution in [0.2, 0.25) is 6.04 Å². The minimum atomic E-state index is -2.72. The van der Waals surface area contributed by atoms with Crippen molar-refractivity contribution in [1.82, 2.24) is 0 Å². The molecule has 3 rings (SSSR count). The Kier molecular flexibility index (Phi) is 11.4. The second-order valence-electron chi connectivity index (χ2n) is 10.1. The van der Waals surface area contributed by atoms with Gasteiger partial charge in [-0.05, 0) is 90.2 Å². The van der Waals surface area contributed by atoms with E-state index in [-0.39, 0.29) is 18.3 Å². The van der Waals surface area contributed by atoms with Crippen LogP contribution < -0.4 is 15.9 Å². The van der Waals surface area contributed by atoms with Crippen LogP contribution >= 0.6 is 7.92 Å². The largest absolute Gasteiger partial charge is 0.501 e. The third-order valence-corrected chi connectivity index (χ3v) is 11.6. The molecule has 36 heavy (non-hydrogen) atoms. The number of rotatable bonds is 14. The zero-order valence-corrected chi connectivity index (χ0v) is 24.7. The summed E-state index contributed by atoms with van der Waals surface area (Å²) in [5.74, 6) is 0. The predicted molar refractivity (Wildman–Crippen MR) is 157 cm³/mol. The number of unbranched alkanes of at least 4 members (excludes halogenated alkanes) is 1. The van der Waals surface area contributed by atoms with E-state index in [0.717, 1.165) is 25.3 Å². The smallest absolute Gasteiger partial charge is 0.371 e. The van der Waals surface area contributed by atoms with Crippen molar-refractivity contribution in [2.45, 2.75) is 85.2 Å². The summed E-state index contributed by atoms with van der Waals surface area (Å²) < 4.78 is 19.0. The van der Waals surface area contributed by atoms with Crippen molar-refractivity contribution in [3.63, 3.8) is 0 Å². The van der Waals surface area contributed by atoms with Crippen molar-refractivity contribution in [3.05, 3.63) is 90.5 Å². The van der Waals surface area contributed by atoms with Gasteiger partial charge in [0.15, 0.2) is 0 Å². The molecule has 0 bridgehead atoms. The Hall–Kier alpha value is -1.81. The summed E-state index contributed by atoms with van der Waals surface area (Å²) in [6.45, 7) is 12.4. The number of hydrogen-bond donors (Lipinski definition) is 0. The summed E-state index contributed by atoms with van der Waals surface area (Å²) in [6, 6.07) is 31.9. The molecule has 0 aliphatic rings. The average molecular weight is 523 g/mol. The first-order valence-corrected chi connectivity index (χ1v) is 16.6. The van der Waals surface area contributed by atoms with Crippen molar-refractivity contribution >= 4 is 32.6 Å². The highest BCUT2D eigenvalue weighted by Gasteiger charge is 2.43. The average Bonchev–Trinajstić information content (AvgIpc) is 2.83. The molecule has 0 N–H and O–H groups in total. The quantitative estimate of drug-likeness (QED) is 0.130. The van der Waals surface area contributed by atoms with E-state index in [9.17, 15) is 0 Å². The van der Waals surface area contributed by atoms with E-state index >= 15 is 0 Å². The van der Waals surface area contributed by atoms with Crippen molar-refractivity contribution < 1.29 is 13.3 Å². The van der Waals surface area contributed by atoms with E-state index in [0.29, 0.717) is 0 Å². The lowest BCUT2D eigenvalue weighted by molar-refractivity contribution is 0.00281. The number of aryl methyl sites for hydroxylation is 1. The maximum absolute atomic E-state index is 6.33. The predicted octanol–water partition coefficient (Wildman–Crippen LogP) is 6.98. The van der Waals surface area contributed by atoms with E-state index in [4.69, 9.17) is 13.3 Å². The first kappa shape index (κ1) is 28.8.